The number of halogens is 1. The van der Waals surface area contributed by atoms with Crippen LogP contribution < -0.4 is 0 Å². The highest BCUT2D eigenvalue weighted by atomic mass is 79.9. The third-order valence-corrected chi connectivity index (χ3v) is 2.52. The lowest BCUT2D eigenvalue weighted by molar-refractivity contribution is -0.204. The molecule has 3 heteroatoms. The van der Waals surface area contributed by atoms with E-state index in [2.05, 4.69) is 15.9 Å². The molecule has 0 radical (unpaired) electrons. The van der Waals surface area contributed by atoms with E-state index in [4.69, 9.17) is 9.47 Å². The second-order valence-electron chi connectivity index (χ2n) is 3.52. The van der Waals surface area contributed by atoms with Crippen molar-refractivity contribution in [3.8, 4) is 0 Å². The van der Waals surface area contributed by atoms with Crippen LogP contribution in [0.1, 0.15) is 19.4 Å². The molecule has 0 amide bonds. The van der Waals surface area contributed by atoms with Gasteiger partial charge in [-0.2, -0.15) is 0 Å². The zero-order chi connectivity index (χ0) is 10.6. The molecule has 0 atom stereocenters. The maximum Gasteiger partial charge on any atom is 0.162 e. The van der Waals surface area contributed by atoms with Crippen molar-refractivity contribution < 1.29 is 9.47 Å². The largest absolute Gasteiger partial charge is 0.354 e. The highest BCUT2D eigenvalue weighted by molar-refractivity contribution is 9.10. The third-order valence-electron chi connectivity index (χ3n) is 1.99. The summed E-state index contributed by atoms with van der Waals surface area (Å²) < 4.78 is 11.8. The van der Waals surface area contributed by atoms with Crippen molar-refractivity contribution in [2.24, 2.45) is 0 Å². The van der Waals surface area contributed by atoms with Crippen LogP contribution in [0.25, 0.3) is 0 Å². The summed E-state index contributed by atoms with van der Waals surface area (Å²) in [4.78, 5) is 0. The average Bonchev–Trinajstić information content (AvgIpc) is 2.17. The first-order valence-electron chi connectivity index (χ1n) is 4.47. The van der Waals surface area contributed by atoms with Crippen molar-refractivity contribution in [2.75, 3.05) is 7.11 Å². The Morgan fingerprint density at radius 2 is 1.79 bits per heavy atom. The molecule has 0 saturated heterocycles. The van der Waals surface area contributed by atoms with Gasteiger partial charge in [0.1, 0.15) is 0 Å². The molecule has 14 heavy (non-hydrogen) atoms. The molecule has 0 aliphatic heterocycles. The number of methoxy groups -OCH3 is 1. The second-order valence-corrected chi connectivity index (χ2v) is 4.43. The summed E-state index contributed by atoms with van der Waals surface area (Å²) >= 11 is 3.38. The van der Waals surface area contributed by atoms with Crippen LogP contribution in [0.5, 0.6) is 0 Å². The Hall–Kier alpha value is -0.380. The van der Waals surface area contributed by atoms with Crippen LogP contribution in [0, 0.1) is 0 Å². The van der Waals surface area contributed by atoms with Crippen molar-refractivity contribution in [1.82, 2.24) is 0 Å². The van der Waals surface area contributed by atoms with E-state index in [0.717, 1.165) is 10.0 Å². The molecule has 0 aliphatic carbocycles. The van der Waals surface area contributed by atoms with Gasteiger partial charge >= 0.3 is 0 Å². The molecular formula is C11H15BrO2. The summed E-state index contributed by atoms with van der Waals surface area (Å²) in [6, 6.07) is 8.04. The fourth-order valence-electron chi connectivity index (χ4n) is 0.897. The first kappa shape index (κ1) is 11.7. The molecular weight excluding hydrogens is 244 g/mol. The van der Waals surface area contributed by atoms with Gasteiger partial charge in [0.25, 0.3) is 0 Å². The van der Waals surface area contributed by atoms with Crippen molar-refractivity contribution in [3.63, 3.8) is 0 Å². The van der Waals surface area contributed by atoms with Crippen LogP contribution in [-0.2, 0) is 16.1 Å². The van der Waals surface area contributed by atoms with Gasteiger partial charge in [0, 0.05) is 11.6 Å². The predicted octanol–water partition coefficient (Wildman–Crippen LogP) is 3.35. The molecule has 0 saturated carbocycles. The quantitative estimate of drug-likeness (QED) is 0.772. The molecule has 0 spiro atoms. The molecule has 78 valence electrons. The molecule has 1 rings (SSSR count). The lowest BCUT2D eigenvalue weighted by Gasteiger charge is -2.23. The number of benzene rings is 1. The van der Waals surface area contributed by atoms with Crippen molar-refractivity contribution >= 4 is 15.9 Å². The van der Waals surface area contributed by atoms with E-state index in [1.165, 1.54) is 0 Å². The second kappa shape index (κ2) is 4.91. The molecule has 0 bridgehead atoms. The van der Waals surface area contributed by atoms with Gasteiger partial charge in [-0.15, -0.1) is 0 Å². The van der Waals surface area contributed by atoms with Crippen LogP contribution in [0.3, 0.4) is 0 Å². The normalized spacial score (nSPS) is 11.7. The van der Waals surface area contributed by atoms with E-state index in [9.17, 15) is 0 Å². The minimum absolute atomic E-state index is 0.521. The highest BCUT2D eigenvalue weighted by Crippen LogP contribution is 2.15. The summed E-state index contributed by atoms with van der Waals surface area (Å²) in [7, 11) is 1.64. The Morgan fingerprint density at radius 3 is 2.29 bits per heavy atom. The molecule has 0 unspecified atom stereocenters. The first-order chi connectivity index (χ1) is 6.53. The Balaban J connectivity index is 2.50. The van der Waals surface area contributed by atoms with E-state index in [1.54, 1.807) is 7.11 Å². The first-order valence-corrected chi connectivity index (χ1v) is 5.26. The van der Waals surface area contributed by atoms with E-state index < -0.39 is 5.79 Å². The lowest BCUT2D eigenvalue weighted by Crippen LogP contribution is -2.26. The molecule has 1 aromatic rings. The van der Waals surface area contributed by atoms with Crippen molar-refractivity contribution in [1.29, 1.82) is 0 Å². The van der Waals surface area contributed by atoms with Gasteiger partial charge in [0.2, 0.25) is 0 Å². The summed E-state index contributed by atoms with van der Waals surface area (Å²) in [6.45, 7) is 4.35. The number of rotatable bonds is 4. The number of ether oxygens (including phenoxy) is 2. The minimum Gasteiger partial charge on any atom is -0.354 e. The van der Waals surface area contributed by atoms with Crippen molar-refractivity contribution in [2.45, 2.75) is 26.2 Å². The van der Waals surface area contributed by atoms with Gasteiger partial charge in [-0.1, -0.05) is 28.1 Å². The van der Waals surface area contributed by atoms with E-state index in [0.29, 0.717) is 6.61 Å². The molecule has 0 aliphatic rings. The molecule has 0 heterocycles. The van der Waals surface area contributed by atoms with Gasteiger partial charge < -0.3 is 9.47 Å². The summed E-state index contributed by atoms with van der Waals surface area (Å²) in [6.07, 6.45) is 0. The summed E-state index contributed by atoms with van der Waals surface area (Å²) in [5.41, 5.74) is 1.14. The molecule has 1 aromatic carbocycles. The van der Waals surface area contributed by atoms with E-state index in [-0.39, 0.29) is 0 Å². The summed E-state index contributed by atoms with van der Waals surface area (Å²) in [5, 5.41) is 0. The Labute approximate surface area is 93.4 Å². The van der Waals surface area contributed by atoms with Crippen LogP contribution in [0.4, 0.5) is 0 Å². The van der Waals surface area contributed by atoms with Gasteiger partial charge in [0.05, 0.1) is 6.61 Å². The Kier molecular flexibility index (Phi) is 4.11. The van der Waals surface area contributed by atoms with Crippen LogP contribution in [0.2, 0.25) is 0 Å². The van der Waals surface area contributed by atoms with Gasteiger partial charge in [-0.25, -0.2) is 0 Å². The highest BCUT2D eigenvalue weighted by Gasteiger charge is 2.15. The SMILES string of the molecule is COC(C)(C)OCc1ccc(Br)cc1. The minimum atomic E-state index is -0.521. The zero-order valence-electron chi connectivity index (χ0n) is 8.71. The molecule has 0 aromatic heterocycles. The Bertz CT molecular complexity index is 280. The number of hydrogen-bond donors (Lipinski definition) is 0. The van der Waals surface area contributed by atoms with Crippen LogP contribution in [0.15, 0.2) is 28.7 Å². The van der Waals surface area contributed by atoms with E-state index >= 15 is 0 Å². The van der Waals surface area contributed by atoms with Crippen LogP contribution >= 0.6 is 15.9 Å². The maximum absolute atomic E-state index is 5.57. The van der Waals surface area contributed by atoms with Gasteiger partial charge in [-0.3, -0.25) is 0 Å². The fraction of sp³-hybridized carbons (Fsp3) is 0.455. The summed E-state index contributed by atoms with van der Waals surface area (Å²) in [5.74, 6) is -0.521. The van der Waals surface area contributed by atoms with Gasteiger partial charge in [0.15, 0.2) is 5.79 Å². The predicted molar refractivity (Wildman–Crippen MR) is 60.0 cm³/mol. The molecule has 0 N–H and O–H groups in total. The lowest BCUT2D eigenvalue weighted by atomic mass is 10.2. The third kappa shape index (κ3) is 3.78. The average molecular weight is 259 g/mol. The van der Waals surface area contributed by atoms with E-state index in [1.807, 2.05) is 38.1 Å². The molecule has 2 nitrogen and oxygen atoms in total. The topological polar surface area (TPSA) is 18.5 Å². The maximum atomic E-state index is 5.57. The van der Waals surface area contributed by atoms with Crippen LogP contribution in [-0.4, -0.2) is 12.9 Å². The number of hydrogen-bond acceptors (Lipinski definition) is 2. The monoisotopic (exact) mass is 258 g/mol. The zero-order valence-corrected chi connectivity index (χ0v) is 10.3. The Morgan fingerprint density at radius 1 is 1.21 bits per heavy atom. The van der Waals surface area contributed by atoms with Crippen molar-refractivity contribution in [3.05, 3.63) is 34.3 Å². The fourth-order valence-corrected chi connectivity index (χ4v) is 1.16. The smallest absolute Gasteiger partial charge is 0.162 e. The standard InChI is InChI=1S/C11H15BrO2/c1-11(2,13-3)14-8-9-4-6-10(12)7-5-9/h4-7H,8H2,1-3H3. The molecule has 0 fully saturated rings. The van der Waals surface area contributed by atoms with Gasteiger partial charge in [-0.05, 0) is 31.5 Å².